The number of fused-ring (bicyclic) bond motifs is 1. The summed E-state index contributed by atoms with van der Waals surface area (Å²) < 4.78 is 5.54. The lowest BCUT2D eigenvalue weighted by molar-refractivity contribution is -0.140. The van der Waals surface area contributed by atoms with Gasteiger partial charge in [-0.2, -0.15) is 0 Å². The van der Waals surface area contributed by atoms with Crippen molar-refractivity contribution in [3.05, 3.63) is 83.6 Å². The van der Waals surface area contributed by atoms with Crippen LogP contribution in [0.2, 0.25) is 0 Å². The average Bonchev–Trinajstić information content (AvgIpc) is 2.86. The number of allylic oxidation sites excluding steroid dienone is 1. The van der Waals surface area contributed by atoms with Gasteiger partial charge in [-0.25, -0.2) is 9.59 Å². The Morgan fingerprint density at radius 1 is 1.03 bits per heavy atom. The second-order valence-electron chi connectivity index (χ2n) is 9.16. The van der Waals surface area contributed by atoms with Gasteiger partial charge in [0.05, 0.1) is 23.9 Å². The minimum absolute atomic E-state index is 0.231. The lowest BCUT2D eigenvalue weighted by atomic mass is 9.95. The molecule has 0 aromatic heterocycles. The fourth-order valence-electron chi connectivity index (χ4n) is 4.05. The molecule has 0 saturated heterocycles. The largest absolute Gasteiger partial charge is 0.462 e. The summed E-state index contributed by atoms with van der Waals surface area (Å²) in [5.41, 5.74) is 3.45. The van der Waals surface area contributed by atoms with Gasteiger partial charge >= 0.3 is 12.0 Å². The smallest absolute Gasteiger partial charge is 0.338 e. The van der Waals surface area contributed by atoms with E-state index in [0.717, 1.165) is 27.7 Å². The number of benzene rings is 3. The maximum absolute atomic E-state index is 13.0. The van der Waals surface area contributed by atoms with Crippen molar-refractivity contribution in [3.8, 4) is 0 Å². The van der Waals surface area contributed by atoms with Crippen LogP contribution < -0.4 is 16.0 Å². The maximum Gasteiger partial charge on any atom is 0.338 e. The highest BCUT2D eigenvalue weighted by molar-refractivity contribution is 7.80. The molecule has 1 unspecified atom stereocenters. The Morgan fingerprint density at radius 3 is 2.44 bits per heavy atom. The molecule has 1 aliphatic rings. The maximum atomic E-state index is 13.0. The van der Waals surface area contributed by atoms with E-state index in [-0.39, 0.29) is 17.9 Å². The van der Waals surface area contributed by atoms with E-state index in [1.807, 2.05) is 82.4 Å². The Hall–Kier alpha value is -3.91. The van der Waals surface area contributed by atoms with Crippen LogP contribution in [0, 0.1) is 5.92 Å². The van der Waals surface area contributed by atoms with Gasteiger partial charge in [0.15, 0.2) is 5.11 Å². The van der Waals surface area contributed by atoms with E-state index in [1.54, 1.807) is 17.0 Å². The van der Waals surface area contributed by atoms with Crippen molar-refractivity contribution in [1.29, 1.82) is 0 Å². The average molecular weight is 503 g/mol. The molecule has 0 saturated carbocycles. The molecule has 0 aliphatic carbocycles. The van der Waals surface area contributed by atoms with Crippen LogP contribution in [0.4, 0.5) is 16.2 Å². The van der Waals surface area contributed by atoms with Gasteiger partial charge in [-0.05, 0) is 54.2 Å². The minimum atomic E-state index is -0.452. The zero-order chi connectivity index (χ0) is 25.8. The number of urea groups is 1. The number of hydrogen-bond donors (Lipinski definition) is 3. The van der Waals surface area contributed by atoms with E-state index in [2.05, 4.69) is 16.0 Å². The lowest BCUT2D eigenvalue weighted by Crippen LogP contribution is -2.46. The Labute approximate surface area is 216 Å². The number of amides is 2. The molecular weight excluding hydrogens is 472 g/mol. The second kappa shape index (κ2) is 10.8. The molecule has 0 spiro atoms. The molecule has 1 atom stereocenters. The quantitative estimate of drug-likeness (QED) is 0.291. The highest BCUT2D eigenvalue weighted by Crippen LogP contribution is 2.31. The molecule has 1 aliphatic heterocycles. The first-order valence-electron chi connectivity index (χ1n) is 11.8. The van der Waals surface area contributed by atoms with Gasteiger partial charge < -0.3 is 25.6 Å². The van der Waals surface area contributed by atoms with E-state index in [4.69, 9.17) is 17.0 Å². The zero-order valence-corrected chi connectivity index (χ0v) is 21.6. The van der Waals surface area contributed by atoms with E-state index in [0.29, 0.717) is 23.0 Å². The molecule has 2 amide bonds. The normalized spacial score (nSPS) is 15.6. The standard InChI is InChI=1S/C28H30N4O3S/c1-17(2)16-35-26(33)24-18(3)32(4)28(36)31-25(24)20-12-14-21(15-13-20)29-27(34)30-23-11-7-9-19-8-5-6-10-22(19)23/h5-15,17,25H,16H2,1-4H3,(H,31,36)(H2,29,30,34). The topological polar surface area (TPSA) is 82.7 Å². The third kappa shape index (κ3) is 5.49. The monoisotopic (exact) mass is 502 g/mol. The van der Waals surface area contributed by atoms with Crippen molar-refractivity contribution in [3.63, 3.8) is 0 Å². The lowest BCUT2D eigenvalue weighted by Gasteiger charge is -2.35. The van der Waals surface area contributed by atoms with Crippen LogP contribution in [0.15, 0.2) is 78.0 Å². The summed E-state index contributed by atoms with van der Waals surface area (Å²) in [6.07, 6.45) is 0. The van der Waals surface area contributed by atoms with Crippen LogP contribution in [0.25, 0.3) is 10.8 Å². The van der Waals surface area contributed by atoms with Crippen LogP contribution in [-0.2, 0) is 9.53 Å². The third-order valence-corrected chi connectivity index (χ3v) is 6.45. The first kappa shape index (κ1) is 25.2. The molecule has 8 heteroatoms. The van der Waals surface area contributed by atoms with Crippen molar-refractivity contribution >= 4 is 51.5 Å². The van der Waals surface area contributed by atoms with Gasteiger partial charge in [-0.15, -0.1) is 0 Å². The Kier molecular flexibility index (Phi) is 7.55. The molecule has 7 nitrogen and oxygen atoms in total. The number of carbonyl (C=O) groups excluding carboxylic acids is 2. The summed E-state index contributed by atoms with van der Waals surface area (Å²) in [4.78, 5) is 27.4. The molecule has 3 aromatic rings. The fraction of sp³-hybridized carbons (Fsp3) is 0.250. The number of thiocarbonyl (C=S) groups is 1. The van der Waals surface area contributed by atoms with Gasteiger partial charge in [-0.1, -0.05) is 62.4 Å². The second-order valence-corrected chi connectivity index (χ2v) is 9.55. The van der Waals surface area contributed by atoms with Gasteiger partial charge in [-0.3, -0.25) is 0 Å². The van der Waals surface area contributed by atoms with Crippen molar-refractivity contribution < 1.29 is 14.3 Å². The van der Waals surface area contributed by atoms with Crippen LogP contribution >= 0.6 is 12.2 Å². The van der Waals surface area contributed by atoms with Crippen LogP contribution in [0.3, 0.4) is 0 Å². The van der Waals surface area contributed by atoms with Gasteiger partial charge in [0, 0.05) is 23.8 Å². The van der Waals surface area contributed by atoms with E-state index in [1.165, 1.54) is 0 Å². The van der Waals surface area contributed by atoms with E-state index < -0.39 is 6.04 Å². The van der Waals surface area contributed by atoms with Gasteiger partial charge in [0.25, 0.3) is 0 Å². The van der Waals surface area contributed by atoms with E-state index in [9.17, 15) is 9.59 Å². The first-order valence-corrected chi connectivity index (χ1v) is 12.2. The minimum Gasteiger partial charge on any atom is -0.462 e. The number of nitrogens with zero attached hydrogens (tertiary/aromatic N) is 1. The molecule has 3 aromatic carbocycles. The SMILES string of the molecule is CC1=C(C(=O)OCC(C)C)C(c2ccc(NC(=O)Nc3cccc4ccccc34)cc2)NC(=S)N1C. The number of nitrogens with one attached hydrogen (secondary N) is 3. The van der Waals surface area contributed by atoms with Crippen LogP contribution in [-0.4, -0.2) is 35.7 Å². The van der Waals surface area contributed by atoms with Crippen molar-refractivity contribution in [2.75, 3.05) is 24.3 Å². The molecule has 3 N–H and O–H groups in total. The number of rotatable bonds is 6. The third-order valence-electron chi connectivity index (χ3n) is 6.06. The number of ether oxygens (including phenoxy) is 1. The molecule has 0 bridgehead atoms. The summed E-state index contributed by atoms with van der Waals surface area (Å²) in [7, 11) is 1.82. The predicted octanol–water partition coefficient (Wildman–Crippen LogP) is 5.82. The number of carbonyl (C=O) groups is 2. The Bertz CT molecular complexity index is 1330. The highest BCUT2D eigenvalue weighted by Gasteiger charge is 2.33. The van der Waals surface area contributed by atoms with Crippen LogP contribution in [0.5, 0.6) is 0 Å². The molecule has 1 heterocycles. The summed E-state index contributed by atoms with van der Waals surface area (Å²) in [5.74, 6) is -0.140. The number of hydrogen-bond acceptors (Lipinski definition) is 4. The molecule has 186 valence electrons. The first-order chi connectivity index (χ1) is 17.2. The molecule has 4 rings (SSSR count). The van der Waals surface area contributed by atoms with Crippen molar-refractivity contribution in [1.82, 2.24) is 10.2 Å². The Balaban J connectivity index is 1.50. The molecule has 0 fully saturated rings. The van der Waals surface area contributed by atoms with Crippen molar-refractivity contribution in [2.24, 2.45) is 5.92 Å². The number of anilines is 2. The zero-order valence-electron chi connectivity index (χ0n) is 20.8. The van der Waals surface area contributed by atoms with E-state index >= 15 is 0 Å². The van der Waals surface area contributed by atoms with Gasteiger partial charge in [0.1, 0.15) is 0 Å². The molecule has 36 heavy (non-hydrogen) atoms. The fourth-order valence-corrected chi connectivity index (χ4v) is 4.30. The van der Waals surface area contributed by atoms with Crippen molar-refractivity contribution in [2.45, 2.75) is 26.8 Å². The molecular formula is C28H30N4O3S. The Morgan fingerprint density at radius 2 is 1.72 bits per heavy atom. The predicted molar refractivity (Wildman–Crippen MR) is 148 cm³/mol. The van der Waals surface area contributed by atoms with Gasteiger partial charge in [0.2, 0.25) is 0 Å². The highest BCUT2D eigenvalue weighted by atomic mass is 32.1. The summed E-state index contributed by atoms with van der Waals surface area (Å²) in [6, 6.07) is 20.2. The molecule has 0 radical (unpaired) electrons. The number of esters is 1. The summed E-state index contributed by atoms with van der Waals surface area (Å²) in [6.45, 7) is 6.19. The summed E-state index contributed by atoms with van der Waals surface area (Å²) >= 11 is 5.47. The summed E-state index contributed by atoms with van der Waals surface area (Å²) in [5, 5.41) is 11.6. The van der Waals surface area contributed by atoms with Crippen LogP contribution in [0.1, 0.15) is 32.4 Å².